The van der Waals surface area contributed by atoms with Crippen LogP contribution in [0, 0.1) is 5.92 Å². The number of aromatic amines is 1. The number of anilines is 2. The van der Waals surface area contributed by atoms with Gasteiger partial charge in [-0.3, -0.25) is 24.0 Å². The van der Waals surface area contributed by atoms with E-state index >= 15 is 0 Å². The molecule has 8 nitrogen and oxygen atoms in total. The van der Waals surface area contributed by atoms with E-state index in [1.165, 1.54) is 16.6 Å². The summed E-state index contributed by atoms with van der Waals surface area (Å²) in [7, 11) is 1.51. The quantitative estimate of drug-likeness (QED) is 0.720. The Morgan fingerprint density at radius 3 is 2.30 bits per heavy atom. The molecule has 0 spiro atoms. The first-order valence-electron chi connectivity index (χ1n) is 10.0. The van der Waals surface area contributed by atoms with Gasteiger partial charge in [-0.1, -0.05) is 46.8 Å². The van der Waals surface area contributed by atoms with Gasteiger partial charge >= 0.3 is 5.69 Å². The molecule has 0 saturated carbocycles. The number of rotatable bonds is 7. The van der Waals surface area contributed by atoms with Gasteiger partial charge in [-0.15, -0.1) is 0 Å². The van der Waals surface area contributed by atoms with E-state index in [1.807, 2.05) is 26.0 Å². The molecule has 0 bridgehead atoms. The maximum Gasteiger partial charge on any atom is 0.330 e. The van der Waals surface area contributed by atoms with Gasteiger partial charge in [0.25, 0.3) is 11.5 Å². The highest BCUT2D eigenvalue weighted by Crippen LogP contribution is 2.24. The number of amides is 1. The van der Waals surface area contributed by atoms with E-state index in [0.717, 1.165) is 5.56 Å². The molecular weight excluding hydrogens is 384 g/mol. The Bertz CT molecular complexity index is 998. The second kappa shape index (κ2) is 9.30. The lowest BCUT2D eigenvalue weighted by molar-refractivity contribution is 0.0975. The van der Waals surface area contributed by atoms with Crippen molar-refractivity contribution in [3.63, 3.8) is 0 Å². The van der Waals surface area contributed by atoms with Crippen LogP contribution < -0.4 is 21.9 Å². The number of methoxy groups -OCH3 is 1. The highest BCUT2D eigenvalue weighted by atomic mass is 16.5. The molecule has 1 heterocycles. The van der Waals surface area contributed by atoms with Crippen LogP contribution in [0.5, 0.6) is 0 Å². The lowest BCUT2D eigenvalue weighted by Crippen LogP contribution is -2.42. The van der Waals surface area contributed by atoms with E-state index in [4.69, 9.17) is 10.5 Å². The van der Waals surface area contributed by atoms with Crippen LogP contribution in [0.1, 0.15) is 50.5 Å². The van der Waals surface area contributed by atoms with Crippen LogP contribution in [0.25, 0.3) is 0 Å². The van der Waals surface area contributed by atoms with Crippen molar-refractivity contribution in [2.24, 2.45) is 5.92 Å². The number of carbonyl (C=O) groups excluding carboxylic acids is 1. The monoisotopic (exact) mass is 416 g/mol. The van der Waals surface area contributed by atoms with Gasteiger partial charge in [-0.2, -0.15) is 0 Å². The van der Waals surface area contributed by atoms with Crippen molar-refractivity contribution in [3.8, 4) is 0 Å². The number of carbonyl (C=O) groups is 1. The zero-order valence-corrected chi connectivity index (χ0v) is 18.6. The zero-order chi connectivity index (χ0) is 22.6. The van der Waals surface area contributed by atoms with E-state index in [2.05, 4.69) is 25.8 Å². The first kappa shape index (κ1) is 23.4. The van der Waals surface area contributed by atoms with Gasteiger partial charge in [-0.05, 0) is 29.0 Å². The van der Waals surface area contributed by atoms with Crippen LogP contribution in [0.4, 0.5) is 11.5 Å². The van der Waals surface area contributed by atoms with Crippen molar-refractivity contribution in [3.05, 3.63) is 56.2 Å². The molecule has 0 saturated heterocycles. The summed E-state index contributed by atoms with van der Waals surface area (Å²) in [6.45, 7) is 10.8. The highest BCUT2D eigenvalue weighted by Gasteiger charge is 2.26. The third-order valence-corrected chi connectivity index (χ3v) is 4.79. The lowest BCUT2D eigenvalue weighted by Gasteiger charge is -2.25. The third kappa shape index (κ3) is 5.18. The number of nitrogen functional groups attached to an aromatic ring is 1. The minimum atomic E-state index is -0.701. The van der Waals surface area contributed by atoms with E-state index in [1.54, 1.807) is 12.1 Å². The number of hydrogen-bond donors (Lipinski definition) is 2. The first-order valence-corrected chi connectivity index (χ1v) is 10.0. The number of benzene rings is 1. The number of ether oxygens (including phenoxy) is 1. The molecule has 30 heavy (non-hydrogen) atoms. The van der Waals surface area contributed by atoms with Crippen molar-refractivity contribution >= 4 is 17.4 Å². The van der Waals surface area contributed by atoms with Crippen molar-refractivity contribution in [1.29, 1.82) is 0 Å². The van der Waals surface area contributed by atoms with E-state index in [-0.39, 0.29) is 41.9 Å². The van der Waals surface area contributed by atoms with Crippen LogP contribution in [-0.4, -0.2) is 35.7 Å². The molecule has 8 heteroatoms. The van der Waals surface area contributed by atoms with E-state index in [9.17, 15) is 14.4 Å². The Hall–Kier alpha value is -2.87. The van der Waals surface area contributed by atoms with Crippen molar-refractivity contribution in [2.45, 2.75) is 46.6 Å². The average Bonchev–Trinajstić information content (AvgIpc) is 2.66. The molecule has 164 valence electrons. The smallest absolute Gasteiger partial charge is 0.330 e. The summed E-state index contributed by atoms with van der Waals surface area (Å²) < 4.78 is 6.42. The predicted octanol–water partition coefficient (Wildman–Crippen LogP) is 2.37. The van der Waals surface area contributed by atoms with Gasteiger partial charge in [-0.25, -0.2) is 4.79 Å². The fourth-order valence-corrected chi connectivity index (χ4v) is 3.15. The predicted molar refractivity (Wildman–Crippen MR) is 119 cm³/mol. The minimum absolute atomic E-state index is 0.0341. The van der Waals surface area contributed by atoms with Crippen molar-refractivity contribution < 1.29 is 9.53 Å². The normalized spacial score (nSPS) is 11.7. The lowest BCUT2D eigenvalue weighted by atomic mass is 9.86. The molecule has 0 aliphatic carbocycles. The van der Waals surface area contributed by atoms with Crippen molar-refractivity contribution in [2.75, 3.05) is 30.9 Å². The number of nitrogens with zero attached hydrogens (tertiary/aromatic N) is 2. The molecule has 0 aliphatic heterocycles. The molecule has 0 aliphatic rings. The Morgan fingerprint density at radius 2 is 1.80 bits per heavy atom. The summed E-state index contributed by atoms with van der Waals surface area (Å²) in [5, 5.41) is 0. The van der Waals surface area contributed by atoms with Crippen LogP contribution in [-0.2, 0) is 16.7 Å². The van der Waals surface area contributed by atoms with Crippen LogP contribution in [0.2, 0.25) is 0 Å². The molecule has 2 aromatic rings. The summed E-state index contributed by atoms with van der Waals surface area (Å²) in [5.74, 6) is -0.301. The van der Waals surface area contributed by atoms with Gasteiger partial charge in [0.05, 0.1) is 6.61 Å². The van der Waals surface area contributed by atoms with Crippen LogP contribution >= 0.6 is 0 Å². The summed E-state index contributed by atoms with van der Waals surface area (Å²) in [5.41, 5.74) is 6.33. The fourth-order valence-electron chi connectivity index (χ4n) is 3.15. The van der Waals surface area contributed by atoms with Gasteiger partial charge in [0.2, 0.25) is 0 Å². The van der Waals surface area contributed by atoms with E-state index < -0.39 is 11.2 Å². The Balaban J connectivity index is 2.56. The number of nitrogens with two attached hydrogens (primary N) is 1. The van der Waals surface area contributed by atoms with Crippen LogP contribution in [0.15, 0.2) is 33.9 Å². The van der Waals surface area contributed by atoms with Gasteiger partial charge in [0.1, 0.15) is 5.82 Å². The number of aromatic nitrogens is 2. The second-order valence-electron chi connectivity index (χ2n) is 8.77. The maximum atomic E-state index is 13.3. The molecule has 0 fully saturated rings. The zero-order valence-electron chi connectivity index (χ0n) is 18.6. The Kier molecular flexibility index (Phi) is 7.25. The standard InChI is InChI=1S/C22H32N4O4/c1-14(2)13-26-18(23)17(19(27)24-21(26)29)25(11-12-30-6)20(28)15-7-9-16(10-8-15)22(3,4)5/h7-10,14H,11-13,23H2,1-6H3,(H,24,27,29). The molecule has 3 N–H and O–H groups in total. The molecule has 2 rings (SSSR count). The van der Waals surface area contributed by atoms with Gasteiger partial charge in [0.15, 0.2) is 5.69 Å². The fraction of sp³-hybridized carbons (Fsp3) is 0.500. The van der Waals surface area contributed by atoms with Crippen molar-refractivity contribution in [1.82, 2.24) is 9.55 Å². The molecule has 0 radical (unpaired) electrons. The van der Waals surface area contributed by atoms with Crippen LogP contribution in [0.3, 0.4) is 0 Å². The van der Waals surface area contributed by atoms with E-state index in [0.29, 0.717) is 12.1 Å². The largest absolute Gasteiger partial charge is 0.383 e. The van der Waals surface area contributed by atoms with Gasteiger partial charge in [0, 0.05) is 25.8 Å². The molecule has 1 aromatic carbocycles. The molecule has 0 unspecified atom stereocenters. The number of H-pyrrole nitrogens is 1. The summed E-state index contributed by atoms with van der Waals surface area (Å²) >= 11 is 0. The topological polar surface area (TPSA) is 110 Å². The molecule has 0 atom stereocenters. The van der Waals surface area contributed by atoms with Gasteiger partial charge < -0.3 is 10.5 Å². The summed E-state index contributed by atoms with van der Waals surface area (Å²) in [6.07, 6.45) is 0. The SMILES string of the molecule is COCCN(C(=O)c1ccc(C(C)(C)C)cc1)c1c(N)n(CC(C)C)c(=O)[nH]c1=O. The summed E-state index contributed by atoms with van der Waals surface area (Å²) in [6, 6.07) is 7.26. The second-order valence-corrected chi connectivity index (χ2v) is 8.77. The Morgan fingerprint density at radius 1 is 1.20 bits per heavy atom. The minimum Gasteiger partial charge on any atom is -0.383 e. The Labute approximate surface area is 176 Å². The molecular formula is C22H32N4O4. The summed E-state index contributed by atoms with van der Waals surface area (Å²) in [4.78, 5) is 41.8. The molecule has 1 aromatic heterocycles. The number of hydrogen-bond acceptors (Lipinski definition) is 5. The first-order chi connectivity index (χ1) is 14.0. The average molecular weight is 417 g/mol. The maximum absolute atomic E-state index is 13.3. The third-order valence-electron chi connectivity index (χ3n) is 4.79. The highest BCUT2D eigenvalue weighted by molar-refractivity contribution is 6.07. The molecule has 1 amide bonds. The number of nitrogens with one attached hydrogen (secondary N) is 1.